The highest BCUT2D eigenvalue weighted by Crippen LogP contribution is 2.09. The molecule has 0 saturated heterocycles. The monoisotopic (exact) mass is 441 g/mol. The van der Waals surface area contributed by atoms with Gasteiger partial charge in [0.05, 0.1) is 6.61 Å². The van der Waals surface area contributed by atoms with E-state index >= 15 is 0 Å². The molecule has 0 bridgehead atoms. The molecule has 2 aromatic rings. The number of hydrogen-bond acceptors (Lipinski definition) is 5. The zero-order chi connectivity index (χ0) is 23.6. The van der Waals surface area contributed by atoms with E-state index in [2.05, 4.69) is 16.0 Å². The van der Waals surface area contributed by atoms with Crippen molar-refractivity contribution in [3.8, 4) is 0 Å². The fourth-order valence-electron chi connectivity index (χ4n) is 2.88. The third-order valence-electron chi connectivity index (χ3n) is 4.42. The van der Waals surface area contributed by atoms with Gasteiger partial charge in [-0.3, -0.25) is 9.59 Å². The summed E-state index contributed by atoms with van der Waals surface area (Å²) in [7, 11) is 0. The van der Waals surface area contributed by atoms with Crippen LogP contribution in [0.2, 0.25) is 0 Å². The number of alkyl carbamates (subject to hydrolysis) is 1. The van der Waals surface area contributed by atoms with Crippen molar-refractivity contribution in [2.45, 2.75) is 51.4 Å². The zero-order valence-corrected chi connectivity index (χ0v) is 18.6. The van der Waals surface area contributed by atoms with Crippen LogP contribution in [0.5, 0.6) is 0 Å². The molecule has 0 aliphatic heterocycles. The quantitative estimate of drug-likeness (QED) is 0.474. The van der Waals surface area contributed by atoms with Crippen LogP contribution in [0.15, 0.2) is 60.7 Å². The van der Waals surface area contributed by atoms with Crippen LogP contribution in [0.3, 0.4) is 0 Å². The highest BCUT2D eigenvalue weighted by Gasteiger charge is 2.28. The Hall–Kier alpha value is -3.39. The van der Waals surface area contributed by atoms with Gasteiger partial charge in [-0.25, -0.2) is 4.79 Å². The summed E-state index contributed by atoms with van der Waals surface area (Å²) in [5.74, 6) is -1.13. The number of ether oxygens (including phenoxy) is 1. The maximum absolute atomic E-state index is 12.9. The SMILES string of the molecule is CC(C)(C)OC(=O)N[C@@H](Cc1ccccc1)C(=O)N[C@@H](CO)C(=O)NCc1ccccc1. The molecule has 2 aromatic carbocycles. The molecule has 3 amide bonds. The standard InChI is InChI=1S/C24H31N3O5/c1-24(2,3)32-23(31)27-19(14-17-10-6-4-7-11-17)22(30)26-20(16-28)21(29)25-15-18-12-8-5-9-13-18/h4-13,19-20,28H,14-16H2,1-3H3,(H,25,29)(H,26,30)(H,27,31)/t19-,20-/m0/s1. The molecule has 0 heterocycles. The Morgan fingerprint density at radius 1 is 0.844 bits per heavy atom. The van der Waals surface area contributed by atoms with E-state index in [9.17, 15) is 19.5 Å². The van der Waals surface area contributed by atoms with E-state index in [0.717, 1.165) is 11.1 Å². The number of rotatable bonds is 9. The van der Waals surface area contributed by atoms with Crippen LogP contribution in [0.4, 0.5) is 4.79 Å². The summed E-state index contributed by atoms with van der Waals surface area (Å²) in [4.78, 5) is 37.7. The molecule has 8 nitrogen and oxygen atoms in total. The molecule has 0 aliphatic carbocycles. The van der Waals surface area contributed by atoms with Crippen LogP contribution in [-0.4, -0.2) is 47.3 Å². The molecule has 0 unspecified atom stereocenters. The molecule has 0 radical (unpaired) electrons. The lowest BCUT2D eigenvalue weighted by atomic mass is 10.0. The van der Waals surface area contributed by atoms with Crippen molar-refractivity contribution in [2.75, 3.05) is 6.61 Å². The van der Waals surface area contributed by atoms with Gasteiger partial charge in [-0.05, 0) is 31.9 Å². The van der Waals surface area contributed by atoms with Gasteiger partial charge < -0.3 is 25.8 Å². The third kappa shape index (κ3) is 8.77. The number of benzene rings is 2. The molecule has 0 aliphatic rings. The Balaban J connectivity index is 2.04. The van der Waals surface area contributed by atoms with E-state index in [1.165, 1.54) is 0 Å². The van der Waals surface area contributed by atoms with Crippen LogP contribution in [0.25, 0.3) is 0 Å². The first-order valence-corrected chi connectivity index (χ1v) is 10.4. The van der Waals surface area contributed by atoms with Crippen LogP contribution < -0.4 is 16.0 Å². The summed E-state index contributed by atoms with van der Waals surface area (Å²) in [5.41, 5.74) is 0.971. The number of carbonyl (C=O) groups is 3. The van der Waals surface area contributed by atoms with Crippen molar-refractivity contribution in [2.24, 2.45) is 0 Å². The average Bonchev–Trinajstić information content (AvgIpc) is 2.75. The summed E-state index contributed by atoms with van der Waals surface area (Å²) in [6.45, 7) is 4.83. The van der Waals surface area contributed by atoms with Crippen molar-refractivity contribution >= 4 is 17.9 Å². The first-order valence-electron chi connectivity index (χ1n) is 10.4. The van der Waals surface area contributed by atoms with Crippen molar-refractivity contribution < 1.29 is 24.2 Å². The van der Waals surface area contributed by atoms with Crippen molar-refractivity contribution in [3.63, 3.8) is 0 Å². The van der Waals surface area contributed by atoms with E-state index in [-0.39, 0.29) is 13.0 Å². The maximum atomic E-state index is 12.9. The van der Waals surface area contributed by atoms with Gasteiger partial charge in [0, 0.05) is 13.0 Å². The average molecular weight is 442 g/mol. The van der Waals surface area contributed by atoms with Gasteiger partial charge in [0.2, 0.25) is 11.8 Å². The molecule has 32 heavy (non-hydrogen) atoms. The van der Waals surface area contributed by atoms with Crippen molar-refractivity contribution in [1.82, 2.24) is 16.0 Å². The lowest BCUT2D eigenvalue weighted by Gasteiger charge is -2.25. The summed E-state index contributed by atoms with van der Waals surface area (Å²) in [6.07, 6.45) is -0.557. The minimum absolute atomic E-state index is 0.190. The van der Waals surface area contributed by atoms with E-state index in [1.807, 2.05) is 60.7 Å². The number of amides is 3. The van der Waals surface area contributed by atoms with E-state index < -0.39 is 42.2 Å². The lowest BCUT2D eigenvalue weighted by Crippen LogP contribution is -2.56. The van der Waals surface area contributed by atoms with Crippen molar-refractivity contribution in [3.05, 3.63) is 71.8 Å². The van der Waals surface area contributed by atoms with Crippen LogP contribution in [0.1, 0.15) is 31.9 Å². The Morgan fingerprint density at radius 3 is 1.94 bits per heavy atom. The summed E-state index contributed by atoms with van der Waals surface area (Å²) >= 11 is 0. The molecule has 0 saturated carbocycles. The second-order valence-electron chi connectivity index (χ2n) is 8.34. The molecule has 0 spiro atoms. The molecule has 2 rings (SSSR count). The molecule has 172 valence electrons. The smallest absolute Gasteiger partial charge is 0.408 e. The maximum Gasteiger partial charge on any atom is 0.408 e. The van der Waals surface area contributed by atoms with Gasteiger partial charge >= 0.3 is 6.09 Å². The lowest BCUT2D eigenvalue weighted by molar-refractivity contribution is -0.131. The minimum atomic E-state index is -1.16. The summed E-state index contributed by atoms with van der Waals surface area (Å²) in [5, 5.41) is 17.4. The number of hydrogen-bond donors (Lipinski definition) is 4. The highest BCUT2D eigenvalue weighted by atomic mass is 16.6. The number of nitrogens with one attached hydrogen (secondary N) is 3. The third-order valence-corrected chi connectivity index (χ3v) is 4.42. The van der Waals surface area contributed by atoms with Gasteiger partial charge in [0.15, 0.2) is 0 Å². The van der Waals surface area contributed by atoms with Crippen molar-refractivity contribution in [1.29, 1.82) is 0 Å². The largest absolute Gasteiger partial charge is 0.444 e. The predicted molar refractivity (Wildman–Crippen MR) is 121 cm³/mol. The van der Waals surface area contributed by atoms with Gasteiger partial charge in [-0.2, -0.15) is 0 Å². The first-order chi connectivity index (χ1) is 15.2. The zero-order valence-electron chi connectivity index (χ0n) is 18.6. The second kappa shape index (κ2) is 11.9. The Morgan fingerprint density at radius 2 is 1.41 bits per heavy atom. The highest BCUT2D eigenvalue weighted by molar-refractivity contribution is 5.91. The summed E-state index contributed by atoms with van der Waals surface area (Å²) < 4.78 is 5.26. The topological polar surface area (TPSA) is 117 Å². The Labute approximate surface area is 188 Å². The first kappa shape index (κ1) is 24.9. The second-order valence-corrected chi connectivity index (χ2v) is 8.34. The van der Waals surface area contributed by atoms with Gasteiger partial charge in [0.25, 0.3) is 0 Å². The normalized spacial score (nSPS) is 12.9. The fourth-order valence-corrected chi connectivity index (χ4v) is 2.88. The van der Waals surface area contributed by atoms with E-state index in [0.29, 0.717) is 0 Å². The number of carbonyl (C=O) groups excluding carboxylic acids is 3. The van der Waals surface area contributed by atoms with Gasteiger partial charge in [0.1, 0.15) is 17.7 Å². The Bertz CT molecular complexity index is 882. The van der Waals surface area contributed by atoms with Gasteiger partial charge in [-0.1, -0.05) is 60.7 Å². The molecule has 0 aromatic heterocycles. The molecule has 8 heteroatoms. The molecular formula is C24H31N3O5. The molecule has 2 atom stereocenters. The van der Waals surface area contributed by atoms with Crippen LogP contribution >= 0.6 is 0 Å². The molecular weight excluding hydrogens is 410 g/mol. The van der Waals surface area contributed by atoms with Crippen LogP contribution in [0, 0.1) is 0 Å². The Kier molecular flexibility index (Phi) is 9.22. The minimum Gasteiger partial charge on any atom is -0.444 e. The summed E-state index contributed by atoms with van der Waals surface area (Å²) in [6, 6.07) is 16.3. The van der Waals surface area contributed by atoms with Crippen LogP contribution in [-0.2, 0) is 27.3 Å². The molecule has 0 fully saturated rings. The van der Waals surface area contributed by atoms with Gasteiger partial charge in [-0.15, -0.1) is 0 Å². The predicted octanol–water partition coefficient (Wildman–Crippen LogP) is 1.92. The van der Waals surface area contributed by atoms with E-state index in [1.54, 1.807) is 20.8 Å². The molecule has 4 N–H and O–H groups in total. The fraction of sp³-hybridized carbons (Fsp3) is 0.375. The number of aliphatic hydroxyl groups is 1. The van der Waals surface area contributed by atoms with E-state index in [4.69, 9.17) is 4.74 Å². The number of aliphatic hydroxyl groups excluding tert-OH is 1.